The van der Waals surface area contributed by atoms with Gasteiger partial charge in [0.05, 0.1) is 5.69 Å². The molecule has 0 aromatic heterocycles. The van der Waals surface area contributed by atoms with Crippen molar-refractivity contribution in [2.24, 2.45) is 5.18 Å². The number of nitrogens with one attached hydrogen (secondary N) is 1. The molecule has 0 radical (unpaired) electrons. The monoisotopic (exact) mass is 236 g/mol. The van der Waals surface area contributed by atoms with Crippen molar-refractivity contribution in [2.45, 2.75) is 25.3 Å². The lowest BCUT2D eigenvalue weighted by atomic mass is 10.1. The van der Waals surface area contributed by atoms with Crippen LogP contribution in [0.1, 0.15) is 19.3 Å². The van der Waals surface area contributed by atoms with Gasteiger partial charge in [0.2, 0.25) is 0 Å². The first-order valence-electron chi connectivity index (χ1n) is 5.67. The molecule has 1 heterocycles. The van der Waals surface area contributed by atoms with Crippen molar-refractivity contribution in [3.05, 3.63) is 29.2 Å². The van der Waals surface area contributed by atoms with Crippen molar-refractivity contribution >= 4 is 23.1 Å². The summed E-state index contributed by atoms with van der Waals surface area (Å²) in [5.41, 5.74) is 1.38. The van der Waals surface area contributed by atoms with E-state index in [2.05, 4.69) is 10.5 Å². The third-order valence-corrected chi connectivity index (χ3v) is 3.92. The van der Waals surface area contributed by atoms with Gasteiger partial charge in [-0.15, -0.1) is 4.91 Å². The van der Waals surface area contributed by atoms with Crippen LogP contribution in [0.4, 0.5) is 11.4 Å². The standard InChI is InChI=1S/C12H16N2OS/c15-14-12-6-2-1-5-11(12)13-10-4-3-8-16-9-7-10/h1-2,5-6,10,13H,3-4,7-9H2. The highest BCUT2D eigenvalue weighted by Crippen LogP contribution is 2.27. The number of para-hydroxylation sites is 1. The Morgan fingerprint density at radius 3 is 3.00 bits per heavy atom. The van der Waals surface area contributed by atoms with E-state index in [-0.39, 0.29) is 0 Å². The fraction of sp³-hybridized carbons (Fsp3) is 0.500. The van der Waals surface area contributed by atoms with Crippen LogP contribution in [0.2, 0.25) is 0 Å². The molecule has 0 amide bonds. The average molecular weight is 236 g/mol. The van der Waals surface area contributed by atoms with E-state index >= 15 is 0 Å². The summed E-state index contributed by atoms with van der Waals surface area (Å²) in [5.74, 6) is 2.46. The van der Waals surface area contributed by atoms with Gasteiger partial charge in [-0.1, -0.05) is 12.1 Å². The van der Waals surface area contributed by atoms with E-state index in [0.717, 1.165) is 12.1 Å². The molecule has 4 heteroatoms. The van der Waals surface area contributed by atoms with E-state index in [9.17, 15) is 4.91 Å². The number of hydrogen-bond acceptors (Lipinski definition) is 4. The van der Waals surface area contributed by atoms with E-state index in [1.165, 1.54) is 24.3 Å². The molecule has 16 heavy (non-hydrogen) atoms. The van der Waals surface area contributed by atoms with Crippen molar-refractivity contribution in [2.75, 3.05) is 16.8 Å². The number of thioether (sulfide) groups is 1. The Labute approximate surface area is 100.0 Å². The van der Waals surface area contributed by atoms with Gasteiger partial charge in [0.1, 0.15) is 5.69 Å². The lowest BCUT2D eigenvalue weighted by Gasteiger charge is -2.17. The summed E-state index contributed by atoms with van der Waals surface area (Å²) in [6, 6.07) is 7.93. The first-order valence-corrected chi connectivity index (χ1v) is 6.82. The normalized spacial score (nSPS) is 21.1. The van der Waals surface area contributed by atoms with Gasteiger partial charge < -0.3 is 5.32 Å². The van der Waals surface area contributed by atoms with Gasteiger partial charge >= 0.3 is 0 Å². The lowest BCUT2D eigenvalue weighted by Crippen LogP contribution is -2.19. The zero-order chi connectivity index (χ0) is 11.2. The molecule has 1 saturated heterocycles. The maximum absolute atomic E-state index is 10.6. The molecule has 86 valence electrons. The molecular formula is C12H16N2OS. The van der Waals surface area contributed by atoms with Crippen molar-refractivity contribution in [1.29, 1.82) is 0 Å². The Bertz CT molecular complexity index is 349. The number of rotatable bonds is 3. The van der Waals surface area contributed by atoms with Gasteiger partial charge in [0.25, 0.3) is 0 Å². The Balaban J connectivity index is 2.04. The first kappa shape index (κ1) is 11.5. The molecule has 0 spiro atoms. The molecule has 0 bridgehead atoms. The molecule has 1 atom stereocenters. The Hall–Kier alpha value is -1.03. The minimum Gasteiger partial charge on any atom is -0.380 e. The fourth-order valence-corrected chi connectivity index (χ4v) is 2.97. The van der Waals surface area contributed by atoms with Gasteiger partial charge in [-0.3, -0.25) is 0 Å². The molecule has 1 aromatic carbocycles. The minimum absolute atomic E-state index is 0.484. The summed E-state index contributed by atoms with van der Waals surface area (Å²) in [4.78, 5) is 10.6. The first-order chi connectivity index (χ1) is 7.90. The van der Waals surface area contributed by atoms with Crippen molar-refractivity contribution in [3.63, 3.8) is 0 Å². The average Bonchev–Trinajstić information content (AvgIpc) is 2.58. The smallest absolute Gasteiger partial charge is 0.131 e. The van der Waals surface area contributed by atoms with Crippen LogP contribution in [-0.4, -0.2) is 17.5 Å². The van der Waals surface area contributed by atoms with Crippen LogP contribution in [0, 0.1) is 4.91 Å². The van der Waals surface area contributed by atoms with Crippen LogP contribution in [0.5, 0.6) is 0 Å². The van der Waals surface area contributed by atoms with Gasteiger partial charge in [-0.05, 0) is 48.1 Å². The zero-order valence-corrected chi connectivity index (χ0v) is 10.0. The second-order valence-corrected chi connectivity index (χ2v) is 5.22. The van der Waals surface area contributed by atoms with Crippen LogP contribution in [0.25, 0.3) is 0 Å². The number of nitrogens with zero attached hydrogens (tertiary/aromatic N) is 1. The minimum atomic E-state index is 0.484. The summed E-state index contributed by atoms with van der Waals surface area (Å²) < 4.78 is 0. The molecule has 2 rings (SSSR count). The molecule has 1 fully saturated rings. The highest BCUT2D eigenvalue weighted by molar-refractivity contribution is 7.99. The van der Waals surface area contributed by atoms with Gasteiger partial charge in [-0.25, -0.2) is 0 Å². The Kier molecular flexibility index (Phi) is 4.22. The molecule has 3 nitrogen and oxygen atoms in total. The van der Waals surface area contributed by atoms with Gasteiger partial charge in [0.15, 0.2) is 0 Å². The van der Waals surface area contributed by atoms with Crippen LogP contribution in [0.15, 0.2) is 29.4 Å². The zero-order valence-electron chi connectivity index (χ0n) is 9.19. The molecule has 0 aliphatic carbocycles. The molecule has 1 aliphatic rings. The second-order valence-electron chi connectivity index (χ2n) is 3.99. The molecule has 1 aromatic rings. The molecular weight excluding hydrogens is 220 g/mol. The van der Waals surface area contributed by atoms with E-state index in [1.807, 2.05) is 30.0 Å². The second kappa shape index (κ2) is 5.89. The fourth-order valence-electron chi connectivity index (χ4n) is 1.94. The third kappa shape index (κ3) is 2.98. The number of nitroso groups, excluding NO2 is 1. The maximum Gasteiger partial charge on any atom is 0.131 e. The van der Waals surface area contributed by atoms with Gasteiger partial charge in [0, 0.05) is 6.04 Å². The van der Waals surface area contributed by atoms with Crippen LogP contribution in [-0.2, 0) is 0 Å². The molecule has 1 unspecified atom stereocenters. The summed E-state index contributed by atoms with van der Waals surface area (Å²) in [5, 5.41) is 6.48. The van der Waals surface area contributed by atoms with Gasteiger partial charge in [-0.2, -0.15) is 11.8 Å². The van der Waals surface area contributed by atoms with E-state index in [4.69, 9.17) is 0 Å². The number of hydrogen-bond donors (Lipinski definition) is 1. The lowest BCUT2D eigenvalue weighted by molar-refractivity contribution is 0.641. The number of benzene rings is 1. The largest absolute Gasteiger partial charge is 0.380 e. The summed E-state index contributed by atoms with van der Waals surface area (Å²) in [6.45, 7) is 0. The molecule has 0 saturated carbocycles. The van der Waals surface area contributed by atoms with Crippen LogP contribution >= 0.6 is 11.8 Å². The Morgan fingerprint density at radius 1 is 1.25 bits per heavy atom. The Morgan fingerprint density at radius 2 is 2.12 bits per heavy atom. The highest BCUT2D eigenvalue weighted by atomic mass is 32.2. The van der Waals surface area contributed by atoms with Crippen LogP contribution < -0.4 is 5.32 Å². The summed E-state index contributed by atoms with van der Waals surface area (Å²) in [6.07, 6.45) is 3.59. The summed E-state index contributed by atoms with van der Waals surface area (Å²) >= 11 is 2.01. The maximum atomic E-state index is 10.6. The topological polar surface area (TPSA) is 41.5 Å². The molecule has 1 aliphatic heterocycles. The van der Waals surface area contributed by atoms with E-state index < -0.39 is 0 Å². The summed E-state index contributed by atoms with van der Waals surface area (Å²) in [7, 11) is 0. The molecule has 1 N–H and O–H groups in total. The SMILES string of the molecule is O=Nc1ccccc1NC1CCCSCC1. The predicted molar refractivity (Wildman–Crippen MR) is 70.5 cm³/mol. The third-order valence-electron chi connectivity index (χ3n) is 2.81. The van der Waals surface area contributed by atoms with Crippen molar-refractivity contribution < 1.29 is 0 Å². The predicted octanol–water partition coefficient (Wildman–Crippen LogP) is 3.78. The van der Waals surface area contributed by atoms with Crippen LogP contribution in [0.3, 0.4) is 0 Å². The quantitative estimate of drug-likeness (QED) is 0.812. The highest BCUT2D eigenvalue weighted by Gasteiger charge is 2.13. The van der Waals surface area contributed by atoms with Crippen molar-refractivity contribution in [3.8, 4) is 0 Å². The van der Waals surface area contributed by atoms with Crippen molar-refractivity contribution in [1.82, 2.24) is 0 Å². The van der Waals surface area contributed by atoms with E-state index in [1.54, 1.807) is 6.07 Å². The number of anilines is 1. The van der Waals surface area contributed by atoms with E-state index in [0.29, 0.717) is 11.7 Å².